The monoisotopic (exact) mass is 322 g/mol. The molecule has 0 bridgehead atoms. The van der Waals surface area contributed by atoms with Crippen LogP contribution in [0.4, 0.5) is 10.1 Å². The number of hydrogen-bond acceptors (Lipinski definition) is 3. The van der Waals surface area contributed by atoms with Gasteiger partial charge in [0.05, 0.1) is 12.3 Å². The van der Waals surface area contributed by atoms with E-state index in [9.17, 15) is 14.0 Å². The van der Waals surface area contributed by atoms with Gasteiger partial charge in [-0.05, 0) is 30.5 Å². The fourth-order valence-corrected chi connectivity index (χ4v) is 2.41. The van der Waals surface area contributed by atoms with E-state index in [-0.39, 0.29) is 29.0 Å². The Morgan fingerprint density at radius 3 is 2.78 bits per heavy atom. The quantitative estimate of drug-likeness (QED) is 0.846. The molecule has 1 heterocycles. The molecule has 2 rings (SSSR count). The Morgan fingerprint density at radius 2 is 2.17 bits per heavy atom. The summed E-state index contributed by atoms with van der Waals surface area (Å²) in [5, 5.41) is 5.30. The summed E-state index contributed by atoms with van der Waals surface area (Å²) in [6.45, 7) is 5.72. The molecule has 1 aliphatic rings. The van der Waals surface area contributed by atoms with Crippen LogP contribution in [0.1, 0.15) is 37.0 Å². The van der Waals surface area contributed by atoms with Crippen LogP contribution in [0.2, 0.25) is 0 Å². The highest BCUT2D eigenvalue weighted by atomic mass is 19.1. The minimum absolute atomic E-state index is 0.0939. The molecule has 6 heteroatoms. The molecule has 1 atom stereocenters. The molecule has 23 heavy (non-hydrogen) atoms. The summed E-state index contributed by atoms with van der Waals surface area (Å²) in [6.07, 6.45) is 1.25. The van der Waals surface area contributed by atoms with Crippen LogP contribution >= 0.6 is 0 Å². The van der Waals surface area contributed by atoms with Gasteiger partial charge < -0.3 is 15.4 Å². The van der Waals surface area contributed by atoms with E-state index >= 15 is 0 Å². The third-order valence-corrected chi connectivity index (χ3v) is 3.67. The Balaban J connectivity index is 1.92. The van der Waals surface area contributed by atoms with E-state index in [0.29, 0.717) is 25.5 Å². The van der Waals surface area contributed by atoms with Crippen molar-refractivity contribution in [2.24, 2.45) is 11.8 Å². The van der Waals surface area contributed by atoms with Gasteiger partial charge in [0.15, 0.2) is 0 Å². The maximum absolute atomic E-state index is 14.0. The molecule has 1 fully saturated rings. The summed E-state index contributed by atoms with van der Waals surface area (Å²) in [5.74, 6) is -0.659. The highest BCUT2D eigenvalue weighted by Gasteiger charge is 2.17. The van der Waals surface area contributed by atoms with Gasteiger partial charge in [-0.3, -0.25) is 9.59 Å². The van der Waals surface area contributed by atoms with Crippen molar-refractivity contribution in [1.29, 1.82) is 0 Å². The van der Waals surface area contributed by atoms with Crippen molar-refractivity contribution in [1.82, 2.24) is 5.32 Å². The third-order valence-electron chi connectivity index (χ3n) is 3.67. The van der Waals surface area contributed by atoms with Crippen molar-refractivity contribution in [3.63, 3.8) is 0 Å². The standard InChI is InChI=1S/C17H23FN2O3/c1-11(2)7-16(21)20-15-4-3-13(8-14(15)18)17(22)19-9-12-5-6-23-10-12/h3-4,8,11-12H,5-7,9-10H2,1-2H3,(H,19,22)(H,20,21). The summed E-state index contributed by atoms with van der Waals surface area (Å²) >= 11 is 0. The first-order chi connectivity index (χ1) is 11.0. The number of amides is 2. The smallest absolute Gasteiger partial charge is 0.251 e. The first-order valence-corrected chi connectivity index (χ1v) is 7.91. The van der Waals surface area contributed by atoms with Crippen LogP contribution in [0.15, 0.2) is 18.2 Å². The SMILES string of the molecule is CC(C)CC(=O)Nc1ccc(C(=O)NCC2CCOC2)cc1F. The summed E-state index contributed by atoms with van der Waals surface area (Å²) in [4.78, 5) is 23.7. The largest absolute Gasteiger partial charge is 0.381 e. The number of rotatable bonds is 6. The van der Waals surface area contributed by atoms with Crippen LogP contribution in [0.5, 0.6) is 0 Å². The van der Waals surface area contributed by atoms with Gasteiger partial charge in [-0.25, -0.2) is 4.39 Å². The van der Waals surface area contributed by atoms with Gasteiger partial charge in [0.2, 0.25) is 5.91 Å². The number of halogens is 1. The first kappa shape index (κ1) is 17.4. The van der Waals surface area contributed by atoms with Crippen LogP contribution in [0.25, 0.3) is 0 Å². The predicted octanol–water partition coefficient (Wildman–Crippen LogP) is 2.58. The lowest BCUT2D eigenvalue weighted by molar-refractivity contribution is -0.116. The second-order valence-electron chi connectivity index (χ2n) is 6.28. The van der Waals surface area contributed by atoms with Crippen LogP contribution in [-0.4, -0.2) is 31.6 Å². The maximum Gasteiger partial charge on any atom is 0.251 e. The Morgan fingerprint density at radius 1 is 1.39 bits per heavy atom. The molecular weight excluding hydrogens is 299 g/mol. The summed E-state index contributed by atoms with van der Waals surface area (Å²) in [5.41, 5.74) is 0.333. The molecule has 0 saturated carbocycles. The molecule has 0 aliphatic carbocycles. The van der Waals surface area contributed by atoms with E-state index in [1.54, 1.807) is 0 Å². The third kappa shape index (κ3) is 5.32. The summed E-state index contributed by atoms with van der Waals surface area (Å²) < 4.78 is 19.3. The minimum atomic E-state index is -0.612. The maximum atomic E-state index is 14.0. The number of hydrogen-bond donors (Lipinski definition) is 2. The Labute approximate surface area is 135 Å². The van der Waals surface area contributed by atoms with Crippen LogP contribution in [-0.2, 0) is 9.53 Å². The number of nitrogens with one attached hydrogen (secondary N) is 2. The van der Waals surface area contributed by atoms with Crippen LogP contribution in [0.3, 0.4) is 0 Å². The Hall–Kier alpha value is -1.95. The molecule has 0 aromatic heterocycles. The van der Waals surface area contributed by atoms with Gasteiger partial charge in [-0.2, -0.15) is 0 Å². The lowest BCUT2D eigenvalue weighted by Crippen LogP contribution is -2.29. The van der Waals surface area contributed by atoms with Gasteiger partial charge >= 0.3 is 0 Å². The fourth-order valence-electron chi connectivity index (χ4n) is 2.41. The summed E-state index contributed by atoms with van der Waals surface area (Å²) in [6, 6.07) is 4.07. The lowest BCUT2D eigenvalue weighted by Gasteiger charge is -2.11. The van der Waals surface area contributed by atoms with E-state index in [4.69, 9.17) is 4.74 Å². The zero-order valence-electron chi connectivity index (χ0n) is 13.5. The van der Waals surface area contributed by atoms with E-state index < -0.39 is 5.82 Å². The van der Waals surface area contributed by atoms with Gasteiger partial charge in [0.1, 0.15) is 5.82 Å². The normalized spacial score (nSPS) is 17.3. The number of carbonyl (C=O) groups excluding carboxylic acids is 2. The highest BCUT2D eigenvalue weighted by Crippen LogP contribution is 2.17. The second kappa shape index (κ2) is 8.06. The molecule has 0 radical (unpaired) electrons. The van der Waals surface area contributed by atoms with Gasteiger partial charge in [-0.15, -0.1) is 0 Å². The van der Waals surface area contributed by atoms with Crippen molar-refractivity contribution in [3.8, 4) is 0 Å². The van der Waals surface area contributed by atoms with Crippen LogP contribution < -0.4 is 10.6 Å². The molecule has 1 aromatic carbocycles. The zero-order chi connectivity index (χ0) is 16.8. The molecule has 1 unspecified atom stereocenters. The molecule has 2 amide bonds. The Bertz CT molecular complexity index is 569. The van der Waals surface area contributed by atoms with Crippen molar-refractivity contribution in [2.75, 3.05) is 25.1 Å². The van der Waals surface area contributed by atoms with Crippen molar-refractivity contribution in [3.05, 3.63) is 29.6 Å². The van der Waals surface area contributed by atoms with Gasteiger partial charge in [-0.1, -0.05) is 13.8 Å². The second-order valence-corrected chi connectivity index (χ2v) is 6.28. The van der Waals surface area contributed by atoms with E-state index in [1.165, 1.54) is 12.1 Å². The number of anilines is 1. The number of benzene rings is 1. The molecule has 126 valence electrons. The van der Waals surface area contributed by atoms with Crippen molar-refractivity contribution in [2.45, 2.75) is 26.7 Å². The zero-order valence-corrected chi connectivity index (χ0v) is 13.5. The highest BCUT2D eigenvalue weighted by molar-refractivity contribution is 5.96. The van der Waals surface area contributed by atoms with E-state index in [2.05, 4.69) is 10.6 Å². The molecule has 2 N–H and O–H groups in total. The van der Waals surface area contributed by atoms with Crippen LogP contribution in [0, 0.1) is 17.7 Å². The molecular formula is C17H23FN2O3. The molecule has 1 saturated heterocycles. The molecule has 0 spiro atoms. The number of carbonyl (C=O) groups is 2. The lowest BCUT2D eigenvalue weighted by atomic mass is 10.1. The average molecular weight is 322 g/mol. The van der Waals surface area contributed by atoms with Crippen molar-refractivity contribution < 1.29 is 18.7 Å². The van der Waals surface area contributed by atoms with E-state index in [0.717, 1.165) is 19.1 Å². The average Bonchev–Trinajstić information content (AvgIpc) is 2.99. The molecule has 5 nitrogen and oxygen atoms in total. The predicted molar refractivity (Wildman–Crippen MR) is 85.7 cm³/mol. The van der Waals surface area contributed by atoms with Crippen molar-refractivity contribution >= 4 is 17.5 Å². The first-order valence-electron chi connectivity index (χ1n) is 7.91. The minimum Gasteiger partial charge on any atom is -0.381 e. The fraction of sp³-hybridized carbons (Fsp3) is 0.529. The Kier molecular flexibility index (Phi) is 6.10. The van der Waals surface area contributed by atoms with Gasteiger partial charge in [0, 0.05) is 31.1 Å². The molecule has 1 aromatic rings. The van der Waals surface area contributed by atoms with Gasteiger partial charge in [0.25, 0.3) is 5.91 Å². The van der Waals surface area contributed by atoms with E-state index in [1.807, 2.05) is 13.8 Å². The number of ether oxygens (including phenoxy) is 1. The topological polar surface area (TPSA) is 67.4 Å². The summed E-state index contributed by atoms with van der Waals surface area (Å²) in [7, 11) is 0. The molecule has 1 aliphatic heterocycles.